The first-order valence-electron chi connectivity index (χ1n) is 6.20. The third-order valence-electron chi connectivity index (χ3n) is 2.94. The molecule has 3 heterocycles. The molecular formula is C11H10Br2N6O2. The number of hydrogen-bond donors (Lipinski definition) is 2. The number of nitrogens with one attached hydrogen (secondary N) is 2. The summed E-state index contributed by atoms with van der Waals surface area (Å²) < 4.78 is 6.08. The van der Waals surface area contributed by atoms with Gasteiger partial charge in [-0.15, -0.1) is 0 Å². The van der Waals surface area contributed by atoms with Crippen molar-refractivity contribution in [3.05, 3.63) is 27.1 Å². The van der Waals surface area contributed by atoms with Crippen LogP contribution in [0.3, 0.4) is 0 Å². The van der Waals surface area contributed by atoms with Gasteiger partial charge < -0.3 is 15.2 Å². The smallest absolute Gasteiger partial charge is 0.298 e. The predicted octanol–water partition coefficient (Wildman–Crippen LogP) is 2.06. The quantitative estimate of drug-likeness (QED) is 0.787. The van der Waals surface area contributed by atoms with Gasteiger partial charge in [0.1, 0.15) is 9.21 Å². The van der Waals surface area contributed by atoms with Gasteiger partial charge in [-0.05, 0) is 51.2 Å². The zero-order valence-electron chi connectivity index (χ0n) is 10.6. The van der Waals surface area contributed by atoms with Gasteiger partial charge in [0.15, 0.2) is 5.82 Å². The summed E-state index contributed by atoms with van der Waals surface area (Å²) in [5.41, 5.74) is 0. The summed E-state index contributed by atoms with van der Waals surface area (Å²) in [6.07, 6.45) is 3.45. The van der Waals surface area contributed by atoms with Crippen molar-refractivity contribution in [2.45, 2.75) is 18.9 Å². The molecule has 0 saturated carbocycles. The second-order valence-corrected chi connectivity index (χ2v) is 5.96. The average molecular weight is 418 g/mol. The Hall–Kier alpha value is -1.39. The van der Waals surface area contributed by atoms with Gasteiger partial charge in [0.25, 0.3) is 11.7 Å². The Bertz CT molecular complexity index is 670. The fourth-order valence-electron chi connectivity index (χ4n) is 1.96. The van der Waals surface area contributed by atoms with Crippen LogP contribution in [0.1, 0.15) is 35.4 Å². The lowest BCUT2D eigenvalue weighted by Gasteiger charge is -2.03. The molecule has 2 aromatic heterocycles. The minimum Gasteiger partial charge on any atom is -0.337 e. The molecule has 2 N–H and O–H groups in total. The molecule has 8 nitrogen and oxygen atoms in total. The number of carbonyl (C=O) groups excluding carboxylic acids is 1. The van der Waals surface area contributed by atoms with Crippen molar-refractivity contribution in [2.75, 3.05) is 11.9 Å². The molecule has 2 aromatic rings. The molecule has 0 spiro atoms. The summed E-state index contributed by atoms with van der Waals surface area (Å²) in [5.74, 6) is 0.183. The molecule has 21 heavy (non-hydrogen) atoms. The summed E-state index contributed by atoms with van der Waals surface area (Å²) in [5, 5.41) is 9.49. The number of carbonyl (C=O) groups is 1. The number of rotatable bonds is 3. The van der Waals surface area contributed by atoms with Crippen LogP contribution >= 0.6 is 31.9 Å². The number of amides is 1. The standard InChI is InChI=1S/C11H10Br2N6O2/c12-6-4-15-8(7(13)16-6)17-10(20)9-18-11(21-19-9)5-2-1-3-14-5/h4-5,14H,1-3H2,(H,15,17,20). The first kappa shape index (κ1) is 14.5. The molecule has 1 amide bonds. The maximum absolute atomic E-state index is 12.1. The van der Waals surface area contributed by atoms with E-state index in [0.717, 1.165) is 19.4 Å². The molecule has 1 aliphatic heterocycles. The van der Waals surface area contributed by atoms with Crippen molar-refractivity contribution in [3.63, 3.8) is 0 Å². The van der Waals surface area contributed by atoms with E-state index in [-0.39, 0.29) is 17.7 Å². The molecule has 1 atom stereocenters. The molecule has 1 aliphatic rings. The average Bonchev–Trinajstić information content (AvgIpc) is 3.10. The van der Waals surface area contributed by atoms with Crippen molar-refractivity contribution < 1.29 is 9.32 Å². The Kier molecular flexibility index (Phi) is 4.27. The van der Waals surface area contributed by atoms with Crippen LogP contribution in [0.5, 0.6) is 0 Å². The van der Waals surface area contributed by atoms with Crippen LogP contribution < -0.4 is 10.6 Å². The van der Waals surface area contributed by atoms with E-state index in [1.807, 2.05) is 0 Å². The van der Waals surface area contributed by atoms with Crippen LogP contribution in [0.25, 0.3) is 0 Å². The third-order valence-corrected chi connectivity index (χ3v) is 3.87. The Labute approximate surface area is 136 Å². The number of aromatic nitrogens is 4. The van der Waals surface area contributed by atoms with Crippen molar-refractivity contribution in [2.24, 2.45) is 0 Å². The van der Waals surface area contributed by atoms with Gasteiger partial charge in [-0.1, -0.05) is 5.16 Å². The fourth-order valence-corrected chi connectivity index (χ4v) is 2.87. The Morgan fingerprint density at radius 2 is 2.29 bits per heavy atom. The summed E-state index contributed by atoms with van der Waals surface area (Å²) in [7, 11) is 0. The Morgan fingerprint density at radius 1 is 1.43 bits per heavy atom. The van der Waals surface area contributed by atoms with Crippen LogP contribution in [0, 0.1) is 0 Å². The molecule has 0 aromatic carbocycles. The van der Waals surface area contributed by atoms with E-state index in [2.05, 4.69) is 62.6 Å². The van der Waals surface area contributed by atoms with E-state index in [1.165, 1.54) is 6.20 Å². The van der Waals surface area contributed by atoms with E-state index < -0.39 is 5.91 Å². The lowest BCUT2D eigenvalue weighted by atomic mass is 10.2. The Balaban J connectivity index is 1.73. The fraction of sp³-hybridized carbons (Fsp3) is 0.364. The predicted molar refractivity (Wildman–Crippen MR) is 79.7 cm³/mol. The first-order chi connectivity index (χ1) is 10.1. The van der Waals surface area contributed by atoms with Crippen LogP contribution in [-0.2, 0) is 0 Å². The molecule has 0 aliphatic carbocycles. The van der Waals surface area contributed by atoms with Crippen molar-refractivity contribution in [1.82, 2.24) is 25.4 Å². The van der Waals surface area contributed by atoms with Crippen LogP contribution in [0.2, 0.25) is 0 Å². The molecule has 0 radical (unpaired) electrons. The molecule has 1 fully saturated rings. The van der Waals surface area contributed by atoms with Gasteiger partial charge in [-0.2, -0.15) is 4.98 Å². The summed E-state index contributed by atoms with van der Waals surface area (Å²) >= 11 is 6.40. The largest absolute Gasteiger partial charge is 0.337 e. The lowest BCUT2D eigenvalue weighted by molar-refractivity contribution is 0.101. The monoisotopic (exact) mass is 416 g/mol. The minimum atomic E-state index is -0.500. The second-order valence-electron chi connectivity index (χ2n) is 4.39. The lowest BCUT2D eigenvalue weighted by Crippen LogP contribution is -2.16. The van der Waals surface area contributed by atoms with Gasteiger partial charge in [-0.25, -0.2) is 9.97 Å². The molecule has 0 bridgehead atoms. The summed E-state index contributed by atoms with van der Waals surface area (Å²) in [6.45, 7) is 0.913. The highest BCUT2D eigenvalue weighted by Gasteiger charge is 2.24. The molecular weight excluding hydrogens is 408 g/mol. The first-order valence-corrected chi connectivity index (χ1v) is 7.78. The molecule has 3 rings (SSSR count). The maximum Gasteiger partial charge on any atom is 0.298 e. The Morgan fingerprint density at radius 3 is 3.00 bits per heavy atom. The SMILES string of the molecule is O=C(Nc1ncc(Br)nc1Br)c1noc(C2CCCN2)n1. The van der Waals surface area contributed by atoms with Gasteiger partial charge in [0.2, 0.25) is 5.89 Å². The molecule has 1 saturated heterocycles. The van der Waals surface area contributed by atoms with E-state index in [0.29, 0.717) is 15.1 Å². The number of halogens is 2. The van der Waals surface area contributed by atoms with Crippen LogP contribution in [-0.4, -0.2) is 32.6 Å². The second kappa shape index (κ2) is 6.16. The van der Waals surface area contributed by atoms with E-state index in [1.54, 1.807) is 0 Å². The number of hydrogen-bond acceptors (Lipinski definition) is 7. The molecule has 110 valence electrons. The van der Waals surface area contributed by atoms with E-state index >= 15 is 0 Å². The molecule has 1 unspecified atom stereocenters. The van der Waals surface area contributed by atoms with Gasteiger partial charge in [-0.3, -0.25) is 4.79 Å². The number of anilines is 1. The third kappa shape index (κ3) is 3.27. The highest BCUT2D eigenvalue weighted by atomic mass is 79.9. The van der Waals surface area contributed by atoms with Crippen molar-refractivity contribution >= 4 is 43.6 Å². The van der Waals surface area contributed by atoms with E-state index in [4.69, 9.17) is 4.52 Å². The van der Waals surface area contributed by atoms with E-state index in [9.17, 15) is 4.79 Å². The maximum atomic E-state index is 12.1. The highest BCUT2D eigenvalue weighted by molar-refractivity contribution is 9.11. The van der Waals surface area contributed by atoms with Gasteiger partial charge >= 0.3 is 0 Å². The highest BCUT2D eigenvalue weighted by Crippen LogP contribution is 2.22. The van der Waals surface area contributed by atoms with Gasteiger partial charge in [0, 0.05) is 0 Å². The zero-order chi connectivity index (χ0) is 14.8. The van der Waals surface area contributed by atoms with Crippen molar-refractivity contribution in [1.29, 1.82) is 0 Å². The minimum absolute atomic E-state index is 0.0262. The zero-order valence-corrected chi connectivity index (χ0v) is 13.8. The van der Waals surface area contributed by atoms with Gasteiger partial charge in [0.05, 0.1) is 12.2 Å². The summed E-state index contributed by atoms with van der Waals surface area (Å²) in [4.78, 5) is 24.3. The topological polar surface area (TPSA) is 106 Å². The molecule has 10 heteroatoms. The van der Waals surface area contributed by atoms with Crippen molar-refractivity contribution in [3.8, 4) is 0 Å². The normalized spacial score (nSPS) is 17.9. The summed E-state index contributed by atoms with van der Waals surface area (Å²) in [6, 6.07) is 0.0262. The van der Waals surface area contributed by atoms with Crippen LogP contribution in [0.15, 0.2) is 19.9 Å². The number of nitrogens with zero attached hydrogens (tertiary/aromatic N) is 4. The van der Waals surface area contributed by atoms with Crippen LogP contribution in [0.4, 0.5) is 5.82 Å².